The predicted octanol–water partition coefficient (Wildman–Crippen LogP) is 11.3. The van der Waals surface area contributed by atoms with Gasteiger partial charge in [-0.2, -0.15) is 0 Å². The van der Waals surface area contributed by atoms with Gasteiger partial charge in [-0.15, -0.1) is 0 Å². The molecule has 1 fully saturated rings. The molecule has 1 nitrogen and oxygen atoms in total. The highest BCUT2D eigenvalue weighted by Crippen LogP contribution is 2.53. The van der Waals surface area contributed by atoms with E-state index < -0.39 is 0 Å². The minimum absolute atomic E-state index is 0.188. The molecule has 0 atom stereocenters. The average molecular weight is 587 g/mol. The summed E-state index contributed by atoms with van der Waals surface area (Å²) < 4.78 is 2.39. The van der Waals surface area contributed by atoms with Gasteiger partial charge < -0.3 is 0 Å². The Morgan fingerprint density at radius 2 is 1.47 bits per heavy atom. The summed E-state index contributed by atoms with van der Waals surface area (Å²) in [5.41, 5.74) is 9.17. The quantitative estimate of drug-likeness (QED) is 0.147. The van der Waals surface area contributed by atoms with E-state index in [1.807, 2.05) is 11.8 Å². The molecule has 2 aliphatic rings. The summed E-state index contributed by atoms with van der Waals surface area (Å²) in [6, 6.07) is 19.6. The number of hydrogen-bond donors (Lipinski definition) is 0. The van der Waals surface area contributed by atoms with Crippen LogP contribution in [-0.2, 0) is 26.3 Å². The van der Waals surface area contributed by atoms with Crippen LogP contribution in [0, 0.1) is 23.7 Å². The highest BCUT2D eigenvalue weighted by Gasteiger charge is 2.33. The van der Waals surface area contributed by atoms with Crippen LogP contribution in [0.25, 0.3) is 43.6 Å². The Labute approximate surface area is 263 Å². The van der Waals surface area contributed by atoms with E-state index in [0.29, 0.717) is 0 Å². The highest BCUT2D eigenvalue weighted by atomic mass is 32.2. The summed E-state index contributed by atoms with van der Waals surface area (Å²) in [5.74, 6) is 0.864. The first-order valence-corrected chi connectivity index (χ1v) is 17.3. The normalized spacial score (nSPS) is 15.6. The first-order chi connectivity index (χ1) is 20.4. The first kappa shape index (κ1) is 28.9. The Kier molecular flexibility index (Phi) is 6.97. The number of nitrogens with zero attached hydrogens (tertiary/aromatic N) is 1. The van der Waals surface area contributed by atoms with Crippen molar-refractivity contribution in [2.24, 2.45) is 23.8 Å². The second-order valence-electron chi connectivity index (χ2n) is 16.1. The molecule has 5 aromatic rings. The fourth-order valence-electron chi connectivity index (χ4n) is 8.05. The second-order valence-corrected chi connectivity index (χ2v) is 17.2. The van der Waals surface area contributed by atoms with Crippen molar-refractivity contribution in [1.82, 2.24) is 0 Å². The lowest BCUT2D eigenvalue weighted by molar-refractivity contribution is -0.659. The van der Waals surface area contributed by atoms with E-state index in [9.17, 15) is 0 Å². The Morgan fingerprint density at radius 1 is 0.767 bits per heavy atom. The Bertz CT molecular complexity index is 1910. The number of benzene rings is 4. The molecular weight excluding hydrogens is 539 g/mol. The summed E-state index contributed by atoms with van der Waals surface area (Å²) in [4.78, 5) is 2.89. The van der Waals surface area contributed by atoms with Crippen molar-refractivity contribution < 1.29 is 4.57 Å². The molecule has 0 saturated heterocycles. The molecule has 2 heteroatoms. The van der Waals surface area contributed by atoms with Crippen molar-refractivity contribution in [2.75, 3.05) is 0 Å². The third kappa shape index (κ3) is 5.28. The van der Waals surface area contributed by atoms with Gasteiger partial charge >= 0.3 is 0 Å². The zero-order valence-electron chi connectivity index (χ0n) is 27.6. The fourth-order valence-corrected chi connectivity index (χ4v) is 9.42. The van der Waals surface area contributed by atoms with Gasteiger partial charge in [-0.05, 0) is 92.8 Å². The van der Waals surface area contributed by atoms with Gasteiger partial charge in [-0.25, -0.2) is 4.57 Å². The molecule has 0 bridgehead atoms. The van der Waals surface area contributed by atoms with Gasteiger partial charge in [0.2, 0.25) is 5.69 Å². The molecule has 4 aromatic carbocycles. The van der Waals surface area contributed by atoms with Crippen molar-refractivity contribution in [3.8, 4) is 11.3 Å². The Hall–Kier alpha value is -2.84. The summed E-state index contributed by atoms with van der Waals surface area (Å²) in [6.45, 7) is 16.6. The molecule has 222 valence electrons. The van der Waals surface area contributed by atoms with Crippen molar-refractivity contribution in [2.45, 2.75) is 103 Å². The number of fused-ring (bicyclic) bond motifs is 5. The highest BCUT2D eigenvalue weighted by molar-refractivity contribution is 8.00. The zero-order chi connectivity index (χ0) is 30.3. The maximum absolute atomic E-state index is 2.51. The largest absolute Gasteiger partial charge is 0.222 e. The average Bonchev–Trinajstić information content (AvgIpc) is 3.43. The standard InChI is InChI=1S/C41H48NS/c1-25-33-21-28(23-40(2,3)4)14-16-31(33)34(24-41(5,6)7)39-36(25)38-37-32(17-18-42(38)8)30-15-13-27(19-26-11-9-10-12-26)20-29(30)22-35(37)43-39/h13-18,20-22,26H,9-12,19,23-24H2,1-8H3/q+1. The summed E-state index contributed by atoms with van der Waals surface area (Å²) in [5, 5.41) is 8.47. The van der Waals surface area contributed by atoms with E-state index in [1.54, 1.807) is 0 Å². The third-order valence-corrected chi connectivity index (χ3v) is 11.0. The van der Waals surface area contributed by atoms with Gasteiger partial charge in [0, 0.05) is 21.2 Å². The predicted molar refractivity (Wildman–Crippen MR) is 186 cm³/mol. The van der Waals surface area contributed by atoms with Gasteiger partial charge in [-0.3, -0.25) is 0 Å². The van der Waals surface area contributed by atoms with E-state index >= 15 is 0 Å². The van der Waals surface area contributed by atoms with Crippen molar-refractivity contribution in [1.29, 1.82) is 0 Å². The van der Waals surface area contributed by atoms with Gasteiger partial charge in [0.15, 0.2) is 6.20 Å². The Morgan fingerprint density at radius 3 is 2.19 bits per heavy atom. The SMILES string of the molecule is Cc1c2c(c(CC(C)(C)C)c3ccc(CC(C)(C)C)cc13)Sc1cc3cc(CC4CCCC4)ccc3c3cc[n+](C)c-2c13. The number of hydrogen-bond acceptors (Lipinski definition) is 1. The lowest BCUT2D eigenvalue weighted by Gasteiger charge is -2.28. The van der Waals surface area contributed by atoms with Crippen LogP contribution < -0.4 is 4.57 Å². The molecular formula is C41H48NS+. The topological polar surface area (TPSA) is 3.88 Å². The van der Waals surface area contributed by atoms with Crippen molar-refractivity contribution in [3.05, 3.63) is 77.0 Å². The van der Waals surface area contributed by atoms with Gasteiger partial charge in [0.25, 0.3) is 0 Å². The van der Waals surface area contributed by atoms with Gasteiger partial charge in [0.1, 0.15) is 7.05 Å². The minimum atomic E-state index is 0.188. The van der Waals surface area contributed by atoms with Crippen molar-refractivity contribution in [3.63, 3.8) is 0 Å². The monoisotopic (exact) mass is 586 g/mol. The minimum Gasteiger partial charge on any atom is -0.200 e. The molecule has 2 heterocycles. The van der Waals surface area contributed by atoms with E-state index in [0.717, 1.165) is 18.8 Å². The number of aromatic nitrogens is 1. The zero-order valence-corrected chi connectivity index (χ0v) is 28.4. The van der Waals surface area contributed by atoms with Crippen LogP contribution >= 0.6 is 11.8 Å². The van der Waals surface area contributed by atoms with E-state index in [-0.39, 0.29) is 10.8 Å². The summed E-state index contributed by atoms with van der Waals surface area (Å²) >= 11 is 2.03. The van der Waals surface area contributed by atoms with Crippen LogP contribution in [0.5, 0.6) is 0 Å². The number of pyridine rings is 1. The molecule has 0 radical (unpaired) electrons. The molecule has 1 aromatic heterocycles. The molecule has 7 rings (SSSR count). The molecule has 0 unspecified atom stereocenters. The maximum atomic E-state index is 2.51. The maximum Gasteiger partial charge on any atom is 0.222 e. The van der Waals surface area contributed by atoms with E-state index in [1.165, 1.54) is 108 Å². The lowest BCUT2D eigenvalue weighted by Crippen LogP contribution is -2.32. The first-order valence-electron chi connectivity index (χ1n) is 16.5. The van der Waals surface area contributed by atoms with Crippen LogP contribution in [0.2, 0.25) is 0 Å². The lowest BCUT2D eigenvalue weighted by atomic mass is 9.81. The van der Waals surface area contributed by atoms with E-state index in [4.69, 9.17) is 0 Å². The Balaban J connectivity index is 1.49. The smallest absolute Gasteiger partial charge is 0.200 e. The third-order valence-electron chi connectivity index (χ3n) is 9.84. The molecule has 0 N–H and O–H groups in total. The van der Waals surface area contributed by atoms with E-state index in [2.05, 4.69) is 115 Å². The summed E-state index contributed by atoms with van der Waals surface area (Å²) in [6.07, 6.45) is 11.3. The van der Waals surface area contributed by atoms with Crippen LogP contribution in [0.4, 0.5) is 0 Å². The van der Waals surface area contributed by atoms with Crippen LogP contribution in [0.1, 0.15) is 89.5 Å². The molecule has 0 spiro atoms. The van der Waals surface area contributed by atoms with Crippen LogP contribution in [0.3, 0.4) is 0 Å². The molecule has 0 amide bonds. The van der Waals surface area contributed by atoms with Crippen LogP contribution in [0.15, 0.2) is 64.5 Å². The van der Waals surface area contributed by atoms with Gasteiger partial charge in [0.05, 0.1) is 10.9 Å². The molecule has 1 saturated carbocycles. The second kappa shape index (κ2) is 10.4. The van der Waals surface area contributed by atoms with Crippen molar-refractivity contribution >= 4 is 44.1 Å². The number of rotatable bonds is 4. The molecule has 1 aliphatic heterocycles. The van der Waals surface area contributed by atoms with Gasteiger partial charge in [-0.1, -0.05) is 115 Å². The number of aryl methyl sites for hydroxylation is 2. The van der Waals surface area contributed by atoms with Crippen LogP contribution in [-0.4, -0.2) is 0 Å². The summed E-state index contributed by atoms with van der Waals surface area (Å²) in [7, 11) is 2.25. The molecule has 1 aliphatic carbocycles. The fraction of sp³-hybridized carbons (Fsp3) is 0.439. The molecule has 43 heavy (non-hydrogen) atoms.